The minimum absolute atomic E-state index is 0.206. The molecule has 1 atom stereocenters. The van der Waals surface area contributed by atoms with E-state index in [1.807, 2.05) is 72.8 Å². The Kier molecular flexibility index (Phi) is 8.01. The number of carbonyl (C=O) groups is 1. The second kappa shape index (κ2) is 11.9. The lowest BCUT2D eigenvalue weighted by atomic mass is 9.96. The van der Waals surface area contributed by atoms with Crippen molar-refractivity contribution in [2.24, 2.45) is 4.99 Å². The Morgan fingerprint density at radius 1 is 1.07 bits per heavy atom. The lowest BCUT2D eigenvalue weighted by molar-refractivity contribution is -0.139. The fourth-order valence-corrected chi connectivity index (χ4v) is 6.87. The van der Waals surface area contributed by atoms with Crippen molar-refractivity contribution in [3.05, 3.63) is 131 Å². The number of methoxy groups -OCH3 is 1. The molecule has 0 spiro atoms. The van der Waals surface area contributed by atoms with E-state index in [1.54, 1.807) is 31.6 Å². The summed E-state index contributed by atoms with van der Waals surface area (Å²) in [7, 11) is 1.59. The Bertz CT molecular complexity index is 2090. The summed E-state index contributed by atoms with van der Waals surface area (Å²) in [4.78, 5) is 32.6. The number of aromatic nitrogens is 2. The van der Waals surface area contributed by atoms with Crippen molar-refractivity contribution in [2.45, 2.75) is 26.4 Å². The molecule has 43 heavy (non-hydrogen) atoms. The first-order valence-electron chi connectivity index (χ1n) is 13.6. The van der Waals surface area contributed by atoms with Crippen molar-refractivity contribution >= 4 is 57.5 Å². The highest BCUT2D eigenvalue weighted by Gasteiger charge is 2.33. The molecule has 1 aliphatic rings. The summed E-state index contributed by atoms with van der Waals surface area (Å²) in [5, 5.41) is 2.16. The minimum Gasteiger partial charge on any atom is -0.497 e. The van der Waals surface area contributed by atoms with Crippen LogP contribution in [0.1, 0.15) is 36.7 Å². The highest BCUT2D eigenvalue weighted by molar-refractivity contribution is 7.07. The van der Waals surface area contributed by atoms with E-state index in [2.05, 4.69) is 4.57 Å². The number of esters is 1. The first kappa shape index (κ1) is 29.0. The number of nitrogens with zero attached hydrogens (tertiary/aromatic N) is 3. The van der Waals surface area contributed by atoms with Crippen molar-refractivity contribution in [3.63, 3.8) is 0 Å². The number of hydrogen-bond donors (Lipinski definition) is 0. The summed E-state index contributed by atoms with van der Waals surface area (Å²) < 4.78 is 14.9. The highest BCUT2D eigenvalue weighted by Crippen LogP contribution is 2.32. The van der Waals surface area contributed by atoms with E-state index in [4.69, 9.17) is 37.7 Å². The van der Waals surface area contributed by atoms with Crippen molar-refractivity contribution in [2.75, 3.05) is 13.7 Å². The van der Waals surface area contributed by atoms with Crippen molar-refractivity contribution in [3.8, 4) is 5.75 Å². The maximum absolute atomic E-state index is 14.2. The molecule has 0 aliphatic carbocycles. The van der Waals surface area contributed by atoms with Crippen molar-refractivity contribution in [1.29, 1.82) is 0 Å². The summed E-state index contributed by atoms with van der Waals surface area (Å²) in [6.07, 6.45) is 1.88. The van der Waals surface area contributed by atoms with Crippen LogP contribution >= 0.6 is 34.5 Å². The zero-order valence-electron chi connectivity index (χ0n) is 23.6. The molecule has 0 saturated carbocycles. The van der Waals surface area contributed by atoms with Gasteiger partial charge >= 0.3 is 5.97 Å². The van der Waals surface area contributed by atoms with Crippen LogP contribution in [0, 0.1) is 0 Å². The Balaban J connectivity index is 1.54. The molecule has 7 nitrogen and oxygen atoms in total. The SMILES string of the molecule is CCOC(=O)C1=C(C)N=c2s/c(=C/c3cc4ccccc4n3Cc3ccc(Cl)cc3Cl)c(=O)n2C1c1ccc(OC)cc1. The summed E-state index contributed by atoms with van der Waals surface area (Å²) in [5.74, 6) is 0.169. The van der Waals surface area contributed by atoms with E-state index >= 15 is 0 Å². The third kappa shape index (κ3) is 5.42. The highest BCUT2D eigenvalue weighted by atomic mass is 35.5. The van der Waals surface area contributed by atoms with Gasteiger partial charge in [0.25, 0.3) is 5.56 Å². The zero-order chi connectivity index (χ0) is 30.2. The minimum atomic E-state index is -0.706. The number of thiazole rings is 1. The zero-order valence-corrected chi connectivity index (χ0v) is 26.0. The van der Waals surface area contributed by atoms with Gasteiger partial charge in [-0.25, -0.2) is 9.79 Å². The molecule has 218 valence electrons. The monoisotopic (exact) mass is 631 g/mol. The normalized spacial score (nSPS) is 15.0. The van der Waals surface area contributed by atoms with Gasteiger partial charge in [0.15, 0.2) is 4.80 Å². The fourth-order valence-electron chi connectivity index (χ4n) is 5.38. The predicted octanol–water partition coefficient (Wildman–Crippen LogP) is 6.12. The summed E-state index contributed by atoms with van der Waals surface area (Å²) in [6.45, 7) is 4.21. The van der Waals surface area contributed by atoms with Crippen molar-refractivity contribution < 1.29 is 14.3 Å². The number of ether oxygens (including phenoxy) is 2. The summed E-state index contributed by atoms with van der Waals surface area (Å²) in [6, 6.07) is 22.2. The topological polar surface area (TPSA) is 74.8 Å². The molecule has 1 aliphatic heterocycles. The Morgan fingerprint density at radius 2 is 1.84 bits per heavy atom. The number of hydrogen-bond acceptors (Lipinski definition) is 6. The number of carbonyl (C=O) groups excluding carboxylic acids is 1. The second-order valence-electron chi connectivity index (χ2n) is 10.0. The van der Waals surface area contributed by atoms with Gasteiger partial charge < -0.3 is 14.0 Å². The average Bonchev–Trinajstić information content (AvgIpc) is 3.49. The molecule has 0 amide bonds. The maximum Gasteiger partial charge on any atom is 0.338 e. The van der Waals surface area contributed by atoms with E-state index < -0.39 is 12.0 Å². The van der Waals surface area contributed by atoms with E-state index in [0.717, 1.165) is 27.7 Å². The van der Waals surface area contributed by atoms with Crippen LogP contribution < -0.4 is 19.6 Å². The third-order valence-electron chi connectivity index (χ3n) is 7.41. The van der Waals surface area contributed by atoms with Gasteiger partial charge in [-0.2, -0.15) is 0 Å². The van der Waals surface area contributed by atoms with Gasteiger partial charge in [0.2, 0.25) is 0 Å². The van der Waals surface area contributed by atoms with Gasteiger partial charge in [-0.1, -0.05) is 70.9 Å². The largest absolute Gasteiger partial charge is 0.497 e. The van der Waals surface area contributed by atoms with Gasteiger partial charge in [-0.15, -0.1) is 0 Å². The Morgan fingerprint density at radius 3 is 2.56 bits per heavy atom. The molecular weight excluding hydrogens is 605 g/mol. The average molecular weight is 633 g/mol. The Labute approximate surface area is 261 Å². The number of rotatable bonds is 7. The first-order valence-corrected chi connectivity index (χ1v) is 15.2. The van der Waals surface area contributed by atoms with E-state index in [-0.39, 0.29) is 12.2 Å². The number of benzene rings is 3. The van der Waals surface area contributed by atoms with Crippen LogP contribution in [0.5, 0.6) is 5.75 Å². The molecule has 0 saturated heterocycles. The van der Waals surface area contributed by atoms with Gasteiger partial charge in [0, 0.05) is 33.2 Å². The van der Waals surface area contributed by atoms with Crippen LogP contribution in [-0.4, -0.2) is 28.8 Å². The van der Waals surface area contributed by atoms with Crippen LogP contribution in [-0.2, 0) is 16.1 Å². The van der Waals surface area contributed by atoms with Gasteiger partial charge in [-0.05, 0) is 67.4 Å². The fraction of sp³-hybridized carbons (Fsp3) is 0.182. The molecule has 3 heterocycles. The molecular formula is C33H27Cl2N3O4S. The lowest BCUT2D eigenvalue weighted by Gasteiger charge is -2.24. The molecule has 0 radical (unpaired) electrons. The van der Waals surface area contributed by atoms with E-state index in [0.29, 0.717) is 42.9 Å². The Hall–Kier alpha value is -4.11. The summed E-state index contributed by atoms with van der Waals surface area (Å²) in [5.41, 5.74) is 4.08. The van der Waals surface area contributed by atoms with Gasteiger partial charge in [0.1, 0.15) is 5.75 Å². The standard InChI is InChI=1S/C33H27Cl2N3O4S/c1-4-42-32(40)29-19(2)36-33-38(30(29)20-10-13-25(41-3)14-11-20)31(39)28(43-33)17-24-15-21-7-5-6-8-27(21)37(24)18-22-9-12-23(34)16-26(22)35/h5-17,30H,4,18H2,1-3H3/b28-17+. The molecule has 5 aromatic rings. The first-order chi connectivity index (χ1) is 20.8. The van der Waals surface area contributed by atoms with Crippen LogP contribution in [0.4, 0.5) is 0 Å². The quantitative estimate of drug-likeness (QED) is 0.203. The molecule has 0 fully saturated rings. The summed E-state index contributed by atoms with van der Waals surface area (Å²) >= 11 is 14.0. The molecule has 10 heteroatoms. The predicted molar refractivity (Wildman–Crippen MR) is 171 cm³/mol. The van der Waals surface area contributed by atoms with E-state index in [9.17, 15) is 9.59 Å². The van der Waals surface area contributed by atoms with Crippen LogP contribution in [0.2, 0.25) is 10.0 Å². The molecule has 0 N–H and O–H groups in total. The van der Waals surface area contributed by atoms with Crippen molar-refractivity contribution in [1.82, 2.24) is 9.13 Å². The number of para-hydroxylation sites is 1. The van der Waals surface area contributed by atoms with Crippen LogP contribution in [0.3, 0.4) is 0 Å². The van der Waals surface area contributed by atoms with E-state index in [1.165, 1.54) is 11.3 Å². The number of allylic oxidation sites excluding steroid dienone is 1. The third-order valence-corrected chi connectivity index (χ3v) is 8.98. The molecule has 6 rings (SSSR count). The smallest absolute Gasteiger partial charge is 0.338 e. The van der Waals surface area contributed by atoms with Gasteiger partial charge in [0.05, 0.1) is 35.6 Å². The maximum atomic E-state index is 14.2. The second-order valence-corrected chi connectivity index (χ2v) is 11.9. The lowest BCUT2D eigenvalue weighted by Crippen LogP contribution is -2.40. The molecule has 2 aromatic heterocycles. The number of halogens is 2. The molecule has 1 unspecified atom stereocenters. The molecule has 3 aromatic carbocycles. The van der Waals surface area contributed by atoms with Crippen LogP contribution in [0.25, 0.3) is 17.0 Å². The van der Waals surface area contributed by atoms with Gasteiger partial charge in [-0.3, -0.25) is 9.36 Å². The molecule has 0 bridgehead atoms. The van der Waals surface area contributed by atoms with Crippen LogP contribution in [0.15, 0.2) is 93.9 Å². The number of fused-ring (bicyclic) bond motifs is 2.